The van der Waals surface area contributed by atoms with Crippen LogP contribution in [0.4, 0.5) is 17.1 Å². The minimum Gasteiger partial charge on any atom is -0.380 e. The fraction of sp³-hybridized carbons (Fsp3) is 0.560. The molecule has 1 heterocycles. The Bertz CT molecular complexity index is 992. The molecule has 0 unspecified atom stereocenters. The van der Waals surface area contributed by atoms with E-state index in [0.717, 1.165) is 62.9 Å². The van der Waals surface area contributed by atoms with E-state index in [0.29, 0.717) is 29.8 Å². The lowest BCUT2D eigenvalue weighted by Crippen LogP contribution is -2.45. The summed E-state index contributed by atoms with van der Waals surface area (Å²) in [6.45, 7) is 6.63. The van der Waals surface area contributed by atoms with Crippen molar-refractivity contribution < 1.29 is 4.79 Å². The van der Waals surface area contributed by atoms with Crippen molar-refractivity contribution in [3.05, 3.63) is 50.3 Å². The maximum Gasteiger partial charge on any atom is 0.253 e. The van der Waals surface area contributed by atoms with E-state index in [-0.39, 0.29) is 22.7 Å². The molecule has 4 rings (SSSR count). The number of rotatable bonds is 6. The Morgan fingerprint density at radius 3 is 2.42 bits per heavy atom. The Morgan fingerprint density at radius 2 is 1.74 bits per heavy atom. The van der Waals surface area contributed by atoms with Crippen LogP contribution in [0.5, 0.6) is 0 Å². The summed E-state index contributed by atoms with van der Waals surface area (Å²) >= 11 is 0. The SMILES string of the molecule is Cc1cccc(NC(=O)C2CCC(CNc3c(N4CCC(C)CC4)c(=O)c3=O)CC2)c1. The first-order chi connectivity index (χ1) is 14.9. The molecule has 0 bridgehead atoms. The molecule has 166 valence electrons. The van der Waals surface area contributed by atoms with E-state index in [1.54, 1.807) is 0 Å². The van der Waals surface area contributed by atoms with Crippen LogP contribution in [0, 0.1) is 24.7 Å². The van der Waals surface area contributed by atoms with Gasteiger partial charge < -0.3 is 15.5 Å². The van der Waals surface area contributed by atoms with Gasteiger partial charge in [0.15, 0.2) is 0 Å². The van der Waals surface area contributed by atoms with Crippen LogP contribution in [0.1, 0.15) is 51.0 Å². The van der Waals surface area contributed by atoms with Gasteiger partial charge in [-0.3, -0.25) is 14.4 Å². The van der Waals surface area contributed by atoms with E-state index >= 15 is 0 Å². The number of hydrogen-bond acceptors (Lipinski definition) is 5. The maximum absolute atomic E-state index is 12.6. The van der Waals surface area contributed by atoms with E-state index in [1.165, 1.54) is 0 Å². The van der Waals surface area contributed by atoms with Crippen LogP contribution < -0.4 is 26.4 Å². The highest BCUT2D eigenvalue weighted by molar-refractivity contribution is 5.92. The van der Waals surface area contributed by atoms with Crippen LogP contribution >= 0.6 is 0 Å². The lowest BCUT2D eigenvalue weighted by Gasteiger charge is -2.34. The summed E-state index contributed by atoms with van der Waals surface area (Å²) in [5.74, 6) is 1.23. The van der Waals surface area contributed by atoms with Gasteiger partial charge in [-0.05, 0) is 75.0 Å². The highest BCUT2D eigenvalue weighted by Gasteiger charge is 2.30. The molecule has 1 amide bonds. The monoisotopic (exact) mass is 423 g/mol. The molecule has 1 saturated heterocycles. The second kappa shape index (κ2) is 9.25. The molecular formula is C25H33N3O3. The summed E-state index contributed by atoms with van der Waals surface area (Å²) in [5, 5.41) is 6.33. The normalized spacial score (nSPS) is 22.5. The number of hydrogen-bond donors (Lipinski definition) is 2. The van der Waals surface area contributed by atoms with Crippen molar-refractivity contribution >= 4 is 23.0 Å². The van der Waals surface area contributed by atoms with Crippen molar-refractivity contribution in [2.75, 3.05) is 35.2 Å². The molecule has 0 atom stereocenters. The number of carbonyl (C=O) groups excluding carboxylic acids is 1. The minimum absolute atomic E-state index is 0.0359. The zero-order chi connectivity index (χ0) is 22.0. The third kappa shape index (κ3) is 4.83. The van der Waals surface area contributed by atoms with E-state index in [2.05, 4.69) is 22.5 Å². The lowest BCUT2D eigenvalue weighted by atomic mass is 9.81. The smallest absolute Gasteiger partial charge is 0.253 e. The largest absolute Gasteiger partial charge is 0.380 e. The summed E-state index contributed by atoms with van der Waals surface area (Å²) in [6.07, 6.45) is 5.73. The Labute approximate surface area is 183 Å². The summed E-state index contributed by atoms with van der Waals surface area (Å²) < 4.78 is 0. The van der Waals surface area contributed by atoms with Crippen molar-refractivity contribution in [1.29, 1.82) is 0 Å². The standard InChI is InChI=1S/C25H33N3O3/c1-16-10-12-28(13-11-16)22-21(23(29)24(22)30)26-15-18-6-8-19(9-7-18)25(31)27-20-5-3-4-17(2)14-20/h3-5,14,16,18-19,26H,6-13,15H2,1-2H3,(H,27,31). The second-order valence-corrected chi connectivity index (χ2v) is 9.51. The zero-order valence-corrected chi connectivity index (χ0v) is 18.6. The molecule has 2 fully saturated rings. The number of anilines is 3. The molecule has 2 aromatic rings. The first kappa shape index (κ1) is 21.6. The van der Waals surface area contributed by atoms with Gasteiger partial charge in [-0.1, -0.05) is 19.1 Å². The Kier molecular flexibility index (Phi) is 6.44. The molecule has 2 aromatic carbocycles. The van der Waals surface area contributed by atoms with Gasteiger partial charge in [-0.15, -0.1) is 0 Å². The molecule has 6 heteroatoms. The third-order valence-corrected chi connectivity index (χ3v) is 7.06. The Morgan fingerprint density at radius 1 is 1.03 bits per heavy atom. The maximum atomic E-state index is 12.6. The van der Waals surface area contributed by atoms with Gasteiger partial charge in [0.2, 0.25) is 5.91 Å². The van der Waals surface area contributed by atoms with Crippen LogP contribution in [-0.4, -0.2) is 25.5 Å². The highest BCUT2D eigenvalue weighted by Crippen LogP contribution is 2.31. The average molecular weight is 424 g/mol. The first-order valence-electron chi connectivity index (χ1n) is 11.6. The number of piperidine rings is 1. The molecule has 2 N–H and O–H groups in total. The van der Waals surface area contributed by atoms with Crippen LogP contribution in [0.15, 0.2) is 33.9 Å². The molecule has 31 heavy (non-hydrogen) atoms. The van der Waals surface area contributed by atoms with E-state index < -0.39 is 0 Å². The van der Waals surface area contributed by atoms with Gasteiger partial charge >= 0.3 is 0 Å². The van der Waals surface area contributed by atoms with Crippen LogP contribution in [0.2, 0.25) is 0 Å². The van der Waals surface area contributed by atoms with Crippen LogP contribution in [0.25, 0.3) is 0 Å². The molecule has 0 spiro atoms. The third-order valence-electron chi connectivity index (χ3n) is 7.06. The summed E-state index contributed by atoms with van der Waals surface area (Å²) in [4.78, 5) is 39.0. The number of benzene rings is 1. The topological polar surface area (TPSA) is 78.5 Å². The summed E-state index contributed by atoms with van der Waals surface area (Å²) in [7, 11) is 0. The molecule has 1 saturated carbocycles. The Hall–Kier alpha value is -2.63. The van der Waals surface area contributed by atoms with Gasteiger partial charge in [0.25, 0.3) is 10.9 Å². The fourth-order valence-electron chi connectivity index (χ4n) is 4.92. The molecule has 6 nitrogen and oxygen atoms in total. The predicted molar refractivity (Wildman–Crippen MR) is 126 cm³/mol. The van der Waals surface area contributed by atoms with E-state index in [4.69, 9.17) is 0 Å². The molecule has 2 aliphatic rings. The summed E-state index contributed by atoms with van der Waals surface area (Å²) in [5.41, 5.74) is 2.38. The Balaban J connectivity index is 1.26. The van der Waals surface area contributed by atoms with Crippen LogP contribution in [-0.2, 0) is 4.79 Å². The quantitative estimate of drug-likeness (QED) is 0.693. The van der Waals surface area contributed by atoms with Crippen molar-refractivity contribution in [3.8, 4) is 0 Å². The van der Waals surface area contributed by atoms with Crippen molar-refractivity contribution in [2.45, 2.75) is 52.4 Å². The minimum atomic E-state index is -0.375. The zero-order valence-electron chi connectivity index (χ0n) is 18.6. The fourth-order valence-corrected chi connectivity index (χ4v) is 4.92. The van der Waals surface area contributed by atoms with Gasteiger partial charge in [0.1, 0.15) is 11.4 Å². The van der Waals surface area contributed by atoms with Crippen LogP contribution in [0.3, 0.4) is 0 Å². The molecule has 1 aliphatic heterocycles. The van der Waals surface area contributed by atoms with E-state index in [9.17, 15) is 14.4 Å². The molecular weight excluding hydrogens is 390 g/mol. The molecule has 0 radical (unpaired) electrons. The van der Waals surface area contributed by atoms with Crippen molar-refractivity contribution in [2.24, 2.45) is 17.8 Å². The first-order valence-corrected chi connectivity index (χ1v) is 11.6. The number of amides is 1. The number of nitrogens with zero attached hydrogens (tertiary/aromatic N) is 1. The van der Waals surface area contributed by atoms with Gasteiger partial charge in [-0.25, -0.2) is 0 Å². The van der Waals surface area contributed by atoms with Crippen molar-refractivity contribution in [1.82, 2.24) is 0 Å². The highest BCUT2D eigenvalue weighted by atomic mass is 16.2. The molecule has 0 aromatic heterocycles. The van der Waals surface area contributed by atoms with Gasteiger partial charge in [0.05, 0.1) is 0 Å². The van der Waals surface area contributed by atoms with Crippen molar-refractivity contribution in [3.63, 3.8) is 0 Å². The average Bonchev–Trinajstić information content (AvgIpc) is 2.77. The van der Waals surface area contributed by atoms with Gasteiger partial charge in [-0.2, -0.15) is 0 Å². The number of carbonyl (C=O) groups is 1. The van der Waals surface area contributed by atoms with Gasteiger partial charge in [0, 0.05) is 31.2 Å². The molecule has 1 aliphatic carbocycles. The predicted octanol–water partition coefficient (Wildman–Crippen LogP) is 3.68. The number of aryl methyl sites for hydroxylation is 1. The summed E-state index contributed by atoms with van der Waals surface area (Å²) in [6, 6.07) is 7.87. The lowest BCUT2D eigenvalue weighted by molar-refractivity contribution is -0.121. The number of nitrogens with one attached hydrogen (secondary N) is 2. The second-order valence-electron chi connectivity index (χ2n) is 9.51. The van der Waals surface area contributed by atoms with E-state index in [1.807, 2.05) is 31.2 Å².